The molecule has 0 aliphatic carbocycles. The van der Waals surface area contributed by atoms with Gasteiger partial charge in [-0.25, -0.2) is 0 Å². The van der Waals surface area contributed by atoms with Crippen molar-refractivity contribution >= 4 is 18.8 Å². The summed E-state index contributed by atoms with van der Waals surface area (Å²) in [7, 11) is -1.30. The lowest BCUT2D eigenvalue weighted by Crippen LogP contribution is -2.16. The summed E-state index contributed by atoms with van der Waals surface area (Å²) in [5.74, 6) is 9.03. The molecular formula is C17H16Si. The summed E-state index contributed by atoms with van der Waals surface area (Å²) < 4.78 is 0. The number of benzene rings is 2. The van der Waals surface area contributed by atoms with Crippen molar-refractivity contribution in [1.29, 1.82) is 0 Å². The molecule has 1 heteroatoms. The zero-order valence-corrected chi connectivity index (χ0v) is 12.0. The Morgan fingerprint density at radius 2 is 1.56 bits per heavy atom. The van der Waals surface area contributed by atoms with Crippen LogP contribution in [-0.4, -0.2) is 8.07 Å². The highest BCUT2D eigenvalue weighted by Gasteiger charge is 2.06. The number of hydrogen-bond acceptors (Lipinski definition) is 0. The minimum atomic E-state index is -1.30. The molecule has 0 amide bonds. The van der Waals surface area contributed by atoms with Gasteiger partial charge in [0.15, 0.2) is 0 Å². The van der Waals surface area contributed by atoms with Crippen molar-refractivity contribution < 1.29 is 0 Å². The average molecular weight is 248 g/mol. The molecule has 0 aliphatic heterocycles. The maximum atomic E-state index is 3.24. The quantitative estimate of drug-likeness (QED) is 0.487. The fraction of sp³-hybridized carbons (Fsp3) is 0.176. The van der Waals surface area contributed by atoms with Gasteiger partial charge in [0, 0.05) is 5.56 Å². The van der Waals surface area contributed by atoms with E-state index in [0.717, 1.165) is 5.56 Å². The van der Waals surface area contributed by atoms with E-state index in [1.54, 1.807) is 0 Å². The molecule has 0 spiro atoms. The monoisotopic (exact) mass is 248 g/mol. The van der Waals surface area contributed by atoms with E-state index in [1.807, 2.05) is 18.2 Å². The molecule has 18 heavy (non-hydrogen) atoms. The summed E-state index contributed by atoms with van der Waals surface area (Å²) in [6.07, 6.45) is 0. The maximum absolute atomic E-state index is 3.24. The van der Waals surface area contributed by atoms with Gasteiger partial charge in [-0.2, -0.15) is 0 Å². The van der Waals surface area contributed by atoms with E-state index in [-0.39, 0.29) is 0 Å². The van der Waals surface area contributed by atoms with E-state index in [0.29, 0.717) is 0 Å². The third kappa shape index (κ3) is 3.52. The molecule has 0 radical (unpaired) electrons. The van der Waals surface area contributed by atoms with E-state index in [9.17, 15) is 0 Å². The van der Waals surface area contributed by atoms with E-state index in [4.69, 9.17) is 0 Å². The molecule has 0 aromatic heterocycles. The van der Waals surface area contributed by atoms with Crippen LogP contribution >= 0.6 is 0 Å². The molecular weight excluding hydrogens is 232 g/mol. The minimum Gasteiger partial charge on any atom is -0.118 e. The Labute approximate surface area is 110 Å². The summed E-state index contributed by atoms with van der Waals surface area (Å²) in [5.41, 5.74) is 4.27. The van der Waals surface area contributed by atoms with E-state index < -0.39 is 8.07 Å². The van der Waals surface area contributed by atoms with Crippen molar-refractivity contribution in [2.45, 2.75) is 19.6 Å². The summed E-state index contributed by atoms with van der Waals surface area (Å²) in [6.45, 7) is 6.66. The smallest absolute Gasteiger partial charge is 0.118 e. The summed E-state index contributed by atoms with van der Waals surface area (Å²) in [5, 5.41) is 2.47. The molecule has 2 rings (SSSR count). The van der Waals surface area contributed by atoms with E-state index >= 15 is 0 Å². The second kappa shape index (κ2) is 5.13. The van der Waals surface area contributed by atoms with Gasteiger partial charge in [-0.3, -0.25) is 0 Å². The molecule has 0 heterocycles. The highest BCUT2D eigenvalue weighted by atomic mass is 28.3. The summed E-state index contributed by atoms with van der Waals surface area (Å²) in [6, 6.07) is 14.6. The van der Waals surface area contributed by atoms with Crippen molar-refractivity contribution in [2.75, 3.05) is 0 Å². The predicted molar refractivity (Wildman–Crippen MR) is 81.9 cm³/mol. The molecule has 0 saturated carbocycles. The molecule has 0 unspecified atom stereocenters. The normalized spacial score (nSPS) is 10.2. The van der Waals surface area contributed by atoms with E-state index in [2.05, 4.69) is 67.2 Å². The fourth-order valence-corrected chi connectivity index (χ4v) is 2.03. The topological polar surface area (TPSA) is 0 Å². The van der Waals surface area contributed by atoms with Gasteiger partial charge in [-0.05, 0) is 34.7 Å². The van der Waals surface area contributed by atoms with Gasteiger partial charge in [0.25, 0.3) is 0 Å². The maximum Gasteiger partial charge on any atom is 0.130 e. The van der Waals surface area contributed by atoms with Crippen LogP contribution in [0.3, 0.4) is 0 Å². The van der Waals surface area contributed by atoms with Crippen molar-refractivity contribution in [3.63, 3.8) is 0 Å². The van der Waals surface area contributed by atoms with Gasteiger partial charge in [0.1, 0.15) is 8.07 Å². The van der Waals surface area contributed by atoms with Crippen LogP contribution in [0.2, 0.25) is 19.6 Å². The summed E-state index contributed by atoms with van der Waals surface area (Å²) >= 11 is 0. The Hall–Kier alpha value is -1.96. The second-order valence-corrected chi connectivity index (χ2v) is 10.1. The van der Waals surface area contributed by atoms with Crippen LogP contribution in [0.1, 0.15) is 5.56 Å². The van der Waals surface area contributed by atoms with Crippen molar-refractivity contribution in [2.24, 2.45) is 0 Å². The van der Waals surface area contributed by atoms with Crippen molar-refractivity contribution in [3.05, 3.63) is 48.0 Å². The van der Waals surface area contributed by atoms with Gasteiger partial charge in [0.2, 0.25) is 0 Å². The van der Waals surface area contributed by atoms with Crippen LogP contribution in [-0.2, 0) is 0 Å². The van der Waals surface area contributed by atoms with Crippen LogP contribution in [0.25, 0.3) is 10.8 Å². The molecule has 2 aromatic carbocycles. The zero-order chi connectivity index (χ0) is 13.0. The zero-order valence-electron chi connectivity index (χ0n) is 11.0. The molecule has 0 N–H and O–H groups in total. The molecule has 0 fully saturated rings. The third-order valence-corrected chi connectivity index (χ3v) is 3.33. The SMILES string of the molecule is C[Si](C)(C)C#CC#Cc1ccc2ccccc2c1. The van der Waals surface area contributed by atoms with Crippen LogP contribution in [0.15, 0.2) is 42.5 Å². The van der Waals surface area contributed by atoms with E-state index in [1.165, 1.54) is 10.8 Å². The highest BCUT2D eigenvalue weighted by molar-refractivity contribution is 6.83. The van der Waals surface area contributed by atoms with Crippen molar-refractivity contribution in [3.8, 4) is 23.3 Å². The molecule has 0 saturated heterocycles. The lowest BCUT2D eigenvalue weighted by molar-refractivity contribution is 1.70. The Morgan fingerprint density at radius 1 is 0.833 bits per heavy atom. The molecule has 88 valence electrons. The van der Waals surface area contributed by atoms with Gasteiger partial charge >= 0.3 is 0 Å². The fourth-order valence-electron chi connectivity index (χ4n) is 1.59. The summed E-state index contributed by atoms with van der Waals surface area (Å²) in [4.78, 5) is 0. The van der Waals surface area contributed by atoms with Gasteiger partial charge < -0.3 is 0 Å². The Morgan fingerprint density at radius 3 is 2.28 bits per heavy atom. The predicted octanol–water partition coefficient (Wildman–Crippen LogP) is 4.07. The average Bonchev–Trinajstić information content (AvgIpc) is 2.33. The first-order valence-corrected chi connectivity index (χ1v) is 9.57. The van der Waals surface area contributed by atoms with Gasteiger partial charge in [-0.1, -0.05) is 55.9 Å². The first kappa shape index (κ1) is 12.5. The Balaban J connectivity index is 2.27. The molecule has 0 bridgehead atoms. The van der Waals surface area contributed by atoms with Crippen LogP contribution in [0.4, 0.5) is 0 Å². The molecule has 2 aromatic rings. The second-order valence-electron chi connectivity index (χ2n) is 5.31. The van der Waals surface area contributed by atoms with Crippen LogP contribution < -0.4 is 0 Å². The van der Waals surface area contributed by atoms with Gasteiger partial charge in [0.05, 0.1) is 0 Å². The first-order chi connectivity index (χ1) is 8.54. The van der Waals surface area contributed by atoms with Crippen LogP contribution in [0.5, 0.6) is 0 Å². The Kier molecular flexibility index (Phi) is 3.56. The van der Waals surface area contributed by atoms with Crippen LogP contribution in [0, 0.1) is 23.3 Å². The van der Waals surface area contributed by atoms with Gasteiger partial charge in [-0.15, -0.1) is 5.54 Å². The standard InChI is InChI=1S/C17H16Si/c1-18(2,3)13-7-6-8-15-11-12-16-9-4-5-10-17(16)14-15/h4-5,9-12,14H,1-3H3. The lowest BCUT2D eigenvalue weighted by Gasteiger charge is -2.01. The largest absolute Gasteiger partial charge is 0.130 e. The molecule has 0 atom stereocenters. The number of hydrogen-bond donors (Lipinski definition) is 0. The third-order valence-electron chi connectivity index (χ3n) is 2.46. The molecule has 0 nitrogen and oxygen atoms in total. The number of rotatable bonds is 0. The highest BCUT2D eigenvalue weighted by Crippen LogP contribution is 2.14. The van der Waals surface area contributed by atoms with Crippen molar-refractivity contribution in [1.82, 2.24) is 0 Å². The minimum absolute atomic E-state index is 1.03. The number of fused-ring (bicyclic) bond motifs is 1. The molecule has 0 aliphatic rings. The lowest BCUT2D eigenvalue weighted by atomic mass is 10.1. The first-order valence-electron chi connectivity index (χ1n) is 6.07. The Bertz CT molecular complexity index is 682.